The third-order valence-corrected chi connectivity index (χ3v) is 8.54. The van der Waals surface area contributed by atoms with Gasteiger partial charge in [-0.3, -0.25) is 4.79 Å². The van der Waals surface area contributed by atoms with Crippen LogP contribution >= 0.6 is 11.3 Å². The van der Waals surface area contributed by atoms with Crippen LogP contribution < -0.4 is 0 Å². The van der Waals surface area contributed by atoms with Gasteiger partial charge in [-0.15, -0.1) is 11.3 Å². The second-order valence-electron chi connectivity index (χ2n) is 6.80. The maximum atomic E-state index is 12.8. The minimum atomic E-state index is -3.42. The molecule has 2 fully saturated rings. The number of hydrogen-bond acceptors (Lipinski definition) is 4. The number of likely N-dealkylation sites (tertiary alicyclic amines) is 1. The zero-order valence-electron chi connectivity index (χ0n) is 14.2. The van der Waals surface area contributed by atoms with Crippen molar-refractivity contribution in [3.63, 3.8) is 0 Å². The Bertz CT molecular complexity index is 678. The average molecular weight is 371 g/mol. The van der Waals surface area contributed by atoms with E-state index in [4.69, 9.17) is 0 Å². The molecule has 1 atom stereocenters. The first kappa shape index (κ1) is 17.9. The van der Waals surface area contributed by atoms with E-state index < -0.39 is 10.0 Å². The van der Waals surface area contributed by atoms with Crippen LogP contribution in [0.4, 0.5) is 0 Å². The summed E-state index contributed by atoms with van der Waals surface area (Å²) in [4.78, 5) is 15.1. The quantitative estimate of drug-likeness (QED) is 0.819. The first-order valence-electron chi connectivity index (χ1n) is 8.87. The van der Waals surface area contributed by atoms with E-state index in [-0.39, 0.29) is 11.9 Å². The molecular formula is C17H26N2O3S2. The van der Waals surface area contributed by atoms with Gasteiger partial charge in [0.1, 0.15) is 4.21 Å². The lowest BCUT2D eigenvalue weighted by Gasteiger charge is -2.31. The summed E-state index contributed by atoms with van der Waals surface area (Å²) in [6.07, 6.45) is 6.59. The predicted octanol–water partition coefficient (Wildman–Crippen LogP) is 2.87. The van der Waals surface area contributed by atoms with Gasteiger partial charge in [0, 0.05) is 30.6 Å². The van der Waals surface area contributed by atoms with Crippen LogP contribution in [0.1, 0.15) is 50.3 Å². The van der Waals surface area contributed by atoms with E-state index in [1.165, 1.54) is 17.8 Å². The Morgan fingerprint density at radius 3 is 2.54 bits per heavy atom. The zero-order valence-corrected chi connectivity index (χ0v) is 15.9. The third kappa shape index (κ3) is 3.83. The summed E-state index contributed by atoms with van der Waals surface area (Å²) >= 11 is 1.25. The van der Waals surface area contributed by atoms with Crippen LogP contribution in [0, 0.1) is 0 Å². The number of amides is 1. The fourth-order valence-electron chi connectivity index (χ4n) is 3.54. The molecule has 0 aromatic carbocycles. The normalized spacial score (nSPS) is 23.4. The maximum Gasteiger partial charge on any atom is 0.252 e. The molecule has 1 amide bonds. The first-order valence-corrected chi connectivity index (χ1v) is 11.1. The number of carbonyl (C=O) groups excluding carboxylic acids is 1. The molecule has 3 heterocycles. The van der Waals surface area contributed by atoms with Gasteiger partial charge in [0.05, 0.1) is 6.42 Å². The first-order chi connectivity index (χ1) is 11.5. The molecule has 3 rings (SSSR count). The van der Waals surface area contributed by atoms with Crippen molar-refractivity contribution in [2.75, 3.05) is 19.6 Å². The van der Waals surface area contributed by atoms with E-state index >= 15 is 0 Å². The Balaban J connectivity index is 1.69. The van der Waals surface area contributed by atoms with Crippen molar-refractivity contribution in [3.05, 3.63) is 17.0 Å². The van der Waals surface area contributed by atoms with E-state index in [0.29, 0.717) is 17.2 Å². The van der Waals surface area contributed by atoms with Gasteiger partial charge in [-0.25, -0.2) is 8.42 Å². The highest BCUT2D eigenvalue weighted by molar-refractivity contribution is 7.91. The van der Waals surface area contributed by atoms with Crippen LogP contribution in [0.15, 0.2) is 16.3 Å². The van der Waals surface area contributed by atoms with Crippen molar-refractivity contribution in [2.24, 2.45) is 0 Å². The summed E-state index contributed by atoms with van der Waals surface area (Å²) in [6, 6.07) is 3.53. The Morgan fingerprint density at radius 1 is 1.12 bits per heavy atom. The van der Waals surface area contributed by atoms with Crippen LogP contribution in [0.2, 0.25) is 0 Å². The minimum Gasteiger partial charge on any atom is -0.342 e. The summed E-state index contributed by atoms with van der Waals surface area (Å²) in [5.41, 5.74) is 0. The summed E-state index contributed by atoms with van der Waals surface area (Å²) in [7, 11) is -3.42. The molecule has 0 bridgehead atoms. The van der Waals surface area contributed by atoms with Gasteiger partial charge in [0.25, 0.3) is 10.0 Å². The molecular weight excluding hydrogens is 344 g/mol. The SMILES string of the molecule is CC1CCCCN1S(=O)(=O)c1ccc(CC(=O)N2CCCCC2)s1. The fourth-order valence-corrected chi connectivity index (χ4v) is 6.72. The Hall–Kier alpha value is -0.920. The second kappa shape index (κ2) is 7.54. The molecule has 1 unspecified atom stereocenters. The smallest absolute Gasteiger partial charge is 0.252 e. The van der Waals surface area contributed by atoms with Gasteiger partial charge >= 0.3 is 0 Å². The van der Waals surface area contributed by atoms with Crippen molar-refractivity contribution < 1.29 is 13.2 Å². The van der Waals surface area contributed by atoms with Gasteiger partial charge in [-0.2, -0.15) is 4.31 Å². The van der Waals surface area contributed by atoms with Crippen molar-refractivity contribution in [2.45, 2.75) is 62.1 Å². The van der Waals surface area contributed by atoms with Gasteiger partial charge in [0.15, 0.2) is 0 Å². The zero-order chi connectivity index (χ0) is 17.2. The molecule has 2 aliphatic heterocycles. The van der Waals surface area contributed by atoms with Crippen molar-refractivity contribution in [3.8, 4) is 0 Å². The molecule has 134 valence electrons. The monoisotopic (exact) mass is 370 g/mol. The molecule has 2 aliphatic rings. The summed E-state index contributed by atoms with van der Waals surface area (Å²) in [5.74, 6) is 0.117. The Labute approximate surface area is 148 Å². The number of hydrogen-bond donors (Lipinski definition) is 0. The lowest BCUT2D eigenvalue weighted by molar-refractivity contribution is -0.131. The molecule has 2 saturated heterocycles. The molecule has 0 N–H and O–H groups in total. The van der Waals surface area contributed by atoms with Crippen LogP contribution in [-0.4, -0.2) is 49.2 Å². The average Bonchev–Trinajstić information content (AvgIpc) is 3.05. The van der Waals surface area contributed by atoms with E-state index in [1.807, 2.05) is 11.8 Å². The standard InChI is InChI=1S/C17H26N2O3S2/c1-14-7-3-6-12-19(14)24(21,22)17-9-8-15(23-17)13-16(20)18-10-4-2-5-11-18/h8-9,14H,2-7,10-13H2,1H3. The van der Waals surface area contributed by atoms with E-state index in [9.17, 15) is 13.2 Å². The van der Waals surface area contributed by atoms with Crippen molar-refractivity contribution in [1.82, 2.24) is 9.21 Å². The van der Waals surface area contributed by atoms with Gasteiger partial charge in [-0.05, 0) is 51.2 Å². The molecule has 5 nitrogen and oxygen atoms in total. The number of thiophene rings is 1. The summed E-state index contributed by atoms with van der Waals surface area (Å²) in [5, 5.41) is 0. The molecule has 24 heavy (non-hydrogen) atoms. The lowest BCUT2D eigenvalue weighted by atomic mass is 10.1. The Kier molecular flexibility index (Phi) is 5.62. The number of nitrogens with zero attached hydrogens (tertiary/aromatic N) is 2. The van der Waals surface area contributed by atoms with Crippen molar-refractivity contribution >= 4 is 27.3 Å². The topological polar surface area (TPSA) is 57.7 Å². The van der Waals surface area contributed by atoms with E-state index in [0.717, 1.165) is 50.1 Å². The summed E-state index contributed by atoms with van der Waals surface area (Å²) in [6.45, 7) is 4.25. The number of rotatable bonds is 4. The van der Waals surface area contributed by atoms with Crippen LogP contribution in [0.25, 0.3) is 0 Å². The molecule has 0 radical (unpaired) electrons. The molecule has 7 heteroatoms. The second-order valence-corrected chi connectivity index (χ2v) is 10.1. The summed E-state index contributed by atoms with van der Waals surface area (Å²) < 4.78 is 27.7. The Morgan fingerprint density at radius 2 is 1.83 bits per heavy atom. The number of carbonyl (C=O) groups is 1. The largest absolute Gasteiger partial charge is 0.342 e. The van der Waals surface area contributed by atoms with Crippen LogP contribution in [0.3, 0.4) is 0 Å². The van der Waals surface area contributed by atoms with Crippen LogP contribution in [0.5, 0.6) is 0 Å². The van der Waals surface area contributed by atoms with E-state index in [2.05, 4.69) is 0 Å². The van der Waals surface area contributed by atoms with Crippen molar-refractivity contribution in [1.29, 1.82) is 0 Å². The van der Waals surface area contributed by atoms with Gasteiger partial charge < -0.3 is 4.90 Å². The fraction of sp³-hybridized carbons (Fsp3) is 0.706. The lowest BCUT2D eigenvalue weighted by Crippen LogP contribution is -2.41. The molecule has 0 saturated carbocycles. The molecule has 0 aliphatic carbocycles. The predicted molar refractivity (Wildman–Crippen MR) is 95.7 cm³/mol. The van der Waals surface area contributed by atoms with Gasteiger partial charge in [-0.1, -0.05) is 6.42 Å². The maximum absolute atomic E-state index is 12.8. The molecule has 1 aromatic rings. The van der Waals surface area contributed by atoms with Crippen LogP contribution in [-0.2, 0) is 21.2 Å². The van der Waals surface area contributed by atoms with Gasteiger partial charge in [0.2, 0.25) is 5.91 Å². The minimum absolute atomic E-state index is 0.0595. The molecule has 0 spiro atoms. The highest BCUT2D eigenvalue weighted by atomic mass is 32.2. The third-order valence-electron chi connectivity index (χ3n) is 4.98. The number of piperidine rings is 2. The number of sulfonamides is 1. The highest BCUT2D eigenvalue weighted by Crippen LogP contribution is 2.30. The highest BCUT2D eigenvalue weighted by Gasteiger charge is 2.32. The molecule has 1 aromatic heterocycles. The van der Waals surface area contributed by atoms with E-state index in [1.54, 1.807) is 16.4 Å².